The van der Waals surface area contributed by atoms with Gasteiger partial charge in [0.25, 0.3) is 0 Å². The van der Waals surface area contributed by atoms with Gasteiger partial charge >= 0.3 is 0 Å². The van der Waals surface area contributed by atoms with Crippen molar-refractivity contribution in [3.63, 3.8) is 0 Å². The largest absolute Gasteiger partial charge is 0.266 e. The van der Waals surface area contributed by atoms with E-state index in [9.17, 15) is 0 Å². The number of aliphatic imine (C=N–C) groups is 1. The van der Waals surface area contributed by atoms with Crippen LogP contribution in [0, 0.1) is 0 Å². The molecule has 0 radical (unpaired) electrons. The smallest absolute Gasteiger partial charge is 0.124 e. The molecular formula is C3H6N4. The van der Waals surface area contributed by atoms with Crippen LogP contribution in [-0.4, -0.2) is 24.2 Å². The molecular weight excluding hydrogens is 92.1 g/mol. The van der Waals surface area contributed by atoms with E-state index in [0.29, 0.717) is 6.54 Å². The van der Waals surface area contributed by atoms with E-state index in [1.54, 1.807) is 6.21 Å². The molecule has 1 aliphatic rings. The molecule has 1 aliphatic heterocycles. The topological polar surface area (TPSA) is 54.0 Å². The molecule has 1 heterocycles. The highest BCUT2D eigenvalue weighted by atomic mass is 15.6. The van der Waals surface area contributed by atoms with Crippen molar-refractivity contribution in [2.24, 2.45) is 15.9 Å². The van der Waals surface area contributed by atoms with Crippen molar-refractivity contribution in [2.75, 3.05) is 6.54 Å². The van der Waals surface area contributed by atoms with E-state index in [2.05, 4.69) is 10.1 Å². The third-order valence-electron chi connectivity index (χ3n) is 0.602. The zero-order chi connectivity index (χ0) is 5.11. The van der Waals surface area contributed by atoms with Gasteiger partial charge in [-0.3, -0.25) is 4.99 Å². The van der Waals surface area contributed by atoms with Crippen LogP contribution in [0.1, 0.15) is 0 Å². The second-order valence-electron chi connectivity index (χ2n) is 1.16. The van der Waals surface area contributed by atoms with E-state index >= 15 is 0 Å². The molecule has 0 aromatic carbocycles. The lowest BCUT2D eigenvalue weighted by molar-refractivity contribution is 0.481. The van der Waals surface area contributed by atoms with Gasteiger partial charge in [0.15, 0.2) is 0 Å². The Labute approximate surface area is 41.3 Å². The Hall–Kier alpha value is -0.900. The van der Waals surface area contributed by atoms with Gasteiger partial charge in [-0.25, -0.2) is 5.84 Å². The zero-order valence-electron chi connectivity index (χ0n) is 3.78. The third kappa shape index (κ3) is 0.972. The standard InChI is InChI=1S/C3H6N4/c4-7-3-5-1-2-6-7/h2-3H,1,4H2. The van der Waals surface area contributed by atoms with Crippen molar-refractivity contribution >= 4 is 12.6 Å². The molecule has 1 rings (SSSR count). The molecule has 0 aromatic heterocycles. The van der Waals surface area contributed by atoms with Crippen LogP contribution in [0.25, 0.3) is 0 Å². The van der Waals surface area contributed by atoms with Crippen molar-refractivity contribution in [1.82, 2.24) is 5.12 Å². The normalized spacial score (nSPS) is 18.1. The van der Waals surface area contributed by atoms with Crippen LogP contribution in [-0.2, 0) is 0 Å². The summed E-state index contributed by atoms with van der Waals surface area (Å²) >= 11 is 0. The Bertz CT molecular complexity index is 93.5. The average Bonchev–Trinajstić information content (AvgIpc) is 1.69. The maximum atomic E-state index is 5.12. The first-order chi connectivity index (χ1) is 3.39. The molecule has 0 amide bonds. The summed E-state index contributed by atoms with van der Waals surface area (Å²) in [7, 11) is 0. The minimum Gasteiger partial charge on any atom is -0.266 e. The molecule has 38 valence electrons. The van der Waals surface area contributed by atoms with Gasteiger partial charge in [-0.15, -0.1) is 0 Å². The molecule has 2 N–H and O–H groups in total. The fourth-order valence-electron chi connectivity index (χ4n) is 0.339. The second kappa shape index (κ2) is 1.70. The van der Waals surface area contributed by atoms with Gasteiger partial charge in [0, 0.05) is 6.21 Å². The summed E-state index contributed by atoms with van der Waals surface area (Å²) in [4.78, 5) is 3.78. The van der Waals surface area contributed by atoms with E-state index in [1.165, 1.54) is 11.5 Å². The predicted molar refractivity (Wildman–Crippen MR) is 27.9 cm³/mol. The summed E-state index contributed by atoms with van der Waals surface area (Å²) in [5.41, 5.74) is 0. The fraction of sp³-hybridized carbons (Fsp3) is 0.333. The molecule has 0 aromatic rings. The van der Waals surface area contributed by atoms with E-state index in [4.69, 9.17) is 5.84 Å². The van der Waals surface area contributed by atoms with Crippen LogP contribution in [0.3, 0.4) is 0 Å². The molecule has 0 saturated carbocycles. The highest BCUT2D eigenvalue weighted by Crippen LogP contribution is 1.77. The van der Waals surface area contributed by atoms with Crippen molar-refractivity contribution in [3.05, 3.63) is 0 Å². The monoisotopic (exact) mass is 98.1 g/mol. The number of nitrogens with zero attached hydrogens (tertiary/aromatic N) is 3. The van der Waals surface area contributed by atoms with Gasteiger partial charge < -0.3 is 0 Å². The molecule has 0 spiro atoms. The highest BCUT2D eigenvalue weighted by Gasteiger charge is 1.86. The Morgan fingerprint density at radius 3 is 2.86 bits per heavy atom. The van der Waals surface area contributed by atoms with Gasteiger partial charge in [0.1, 0.15) is 6.34 Å². The number of rotatable bonds is 0. The number of hydrogen-bond donors (Lipinski definition) is 1. The van der Waals surface area contributed by atoms with Crippen LogP contribution in [0.4, 0.5) is 0 Å². The SMILES string of the molecule is NN1C=NCC=N1. The lowest BCUT2D eigenvalue weighted by Gasteiger charge is -2.05. The Kier molecular flexibility index (Phi) is 1.04. The van der Waals surface area contributed by atoms with E-state index in [0.717, 1.165) is 0 Å². The van der Waals surface area contributed by atoms with Gasteiger partial charge in [-0.05, 0) is 0 Å². The maximum Gasteiger partial charge on any atom is 0.124 e. The molecule has 0 aliphatic carbocycles. The predicted octanol–water partition coefficient (Wildman–Crippen LogP) is -0.810. The van der Waals surface area contributed by atoms with E-state index < -0.39 is 0 Å². The van der Waals surface area contributed by atoms with Crippen molar-refractivity contribution in [2.45, 2.75) is 0 Å². The first-order valence-corrected chi connectivity index (χ1v) is 1.96. The van der Waals surface area contributed by atoms with Gasteiger partial charge in [0.2, 0.25) is 0 Å². The summed E-state index contributed by atoms with van der Waals surface area (Å²) in [6.07, 6.45) is 3.11. The number of hydrazone groups is 1. The summed E-state index contributed by atoms with van der Waals surface area (Å²) in [6, 6.07) is 0. The van der Waals surface area contributed by atoms with E-state index in [-0.39, 0.29) is 0 Å². The molecule has 4 nitrogen and oxygen atoms in total. The fourth-order valence-corrected chi connectivity index (χ4v) is 0.339. The molecule has 4 heteroatoms. The summed E-state index contributed by atoms with van der Waals surface area (Å²) < 4.78 is 0. The Morgan fingerprint density at radius 1 is 1.71 bits per heavy atom. The lowest BCUT2D eigenvalue weighted by atomic mass is 10.7. The van der Waals surface area contributed by atoms with Crippen LogP contribution < -0.4 is 5.84 Å². The number of hydrazine groups is 1. The van der Waals surface area contributed by atoms with Crippen LogP contribution in [0.5, 0.6) is 0 Å². The minimum absolute atomic E-state index is 0.647. The summed E-state index contributed by atoms with van der Waals surface area (Å²) in [5, 5.41) is 4.84. The Morgan fingerprint density at radius 2 is 2.57 bits per heavy atom. The molecule has 0 atom stereocenters. The number of hydrogen-bond acceptors (Lipinski definition) is 4. The Balaban J connectivity index is 2.49. The molecule has 0 unspecified atom stereocenters. The quantitative estimate of drug-likeness (QED) is 0.403. The molecule has 0 bridgehead atoms. The summed E-state index contributed by atoms with van der Waals surface area (Å²) in [6.45, 7) is 0.647. The van der Waals surface area contributed by atoms with Crippen molar-refractivity contribution in [3.8, 4) is 0 Å². The van der Waals surface area contributed by atoms with Gasteiger partial charge in [-0.1, -0.05) is 0 Å². The molecule has 0 saturated heterocycles. The molecule has 7 heavy (non-hydrogen) atoms. The second-order valence-corrected chi connectivity index (χ2v) is 1.16. The molecule has 0 fully saturated rings. The highest BCUT2D eigenvalue weighted by molar-refractivity contribution is 5.68. The van der Waals surface area contributed by atoms with Gasteiger partial charge in [-0.2, -0.15) is 10.2 Å². The van der Waals surface area contributed by atoms with E-state index in [1.807, 2.05) is 0 Å². The van der Waals surface area contributed by atoms with Crippen LogP contribution >= 0.6 is 0 Å². The average molecular weight is 98.1 g/mol. The summed E-state index contributed by atoms with van der Waals surface area (Å²) in [5.74, 6) is 5.12. The lowest BCUT2D eigenvalue weighted by Crippen LogP contribution is -2.25. The first-order valence-electron chi connectivity index (χ1n) is 1.96. The van der Waals surface area contributed by atoms with Crippen molar-refractivity contribution in [1.29, 1.82) is 0 Å². The first kappa shape index (κ1) is 4.26. The minimum atomic E-state index is 0.647. The van der Waals surface area contributed by atoms with Crippen molar-refractivity contribution < 1.29 is 0 Å². The maximum absolute atomic E-state index is 5.12. The van der Waals surface area contributed by atoms with Crippen LogP contribution in [0.2, 0.25) is 0 Å². The third-order valence-corrected chi connectivity index (χ3v) is 0.602. The van der Waals surface area contributed by atoms with Crippen LogP contribution in [0.15, 0.2) is 10.1 Å². The zero-order valence-corrected chi connectivity index (χ0v) is 3.78. The van der Waals surface area contributed by atoms with Gasteiger partial charge in [0.05, 0.1) is 6.54 Å². The number of nitrogens with two attached hydrogens (primary N) is 1.